The van der Waals surface area contributed by atoms with E-state index in [0.29, 0.717) is 19.0 Å². The lowest BCUT2D eigenvalue weighted by Gasteiger charge is -2.32. The Kier molecular flexibility index (Phi) is 8.68. The maximum Gasteiger partial charge on any atom is 0.407 e. The molecule has 0 spiro atoms. The lowest BCUT2D eigenvalue weighted by Crippen LogP contribution is -2.37. The van der Waals surface area contributed by atoms with Crippen LogP contribution in [0, 0.1) is 0 Å². The molecule has 0 aliphatic carbocycles. The highest BCUT2D eigenvalue weighted by Gasteiger charge is 2.26. The van der Waals surface area contributed by atoms with E-state index >= 15 is 0 Å². The lowest BCUT2D eigenvalue weighted by atomic mass is 9.88. The van der Waals surface area contributed by atoms with Crippen LogP contribution in [0.5, 0.6) is 0 Å². The minimum absolute atomic E-state index is 0.353. The summed E-state index contributed by atoms with van der Waals surface area (Å²) in [5, 5.41) is 9.00. The van der Waals surface area contributed by atoms with E-state index in [1.54, 1.807) is 0 Å². The number of amides is 1. The number of hydrogen-bond acceptors (Lipinski definition) is 1. The Bertz CT molecular complexity index is 377. The van der Waals surface area contributed by atoms with E-state index in [0.717, 1.165) is 12.0 Å². The molecule has 0 fully saturated rings. The molecule has 3 heteroatoms. The van der Waals surface area contributed by atoms with Crippen LogP contribution in [0.3, 0.4) is 0 Å². The first kappa shape index (κ1) is 17.5. The highest BCUT2D eigenvalue weighted by atomic mass is 16.4. The molecule has 1 N–H and O–H groups in total. The first-order valence-corrected chi connectivity index (χ1v) is 7.28. The van der Waals surface area contributed by atoms with Gasteiger partial charge in [-0.05, 0) is 17.5 Å². The molecule has 0 saturated heterocycles. The van der Waals surface area contributed by atoms with Crippen molar-refractivity contribution in [2.45, 2.75) is 53.5 Å². The standard InChI is InChI=1S/C12H15NO2.2C2H6/c1-2-9-7-13(12(14)15)8-10-5-3-4-6-11(9)10;2*1-2/h3-6,9H,2,7-8H2,1H3,(H,14,15);2*1-2H3. The molecule has 1 amide bonds. The molecule has 1 aromatic rings. The predicted octanol–water partition coefficient (Wildman–Crippen LogP) is 4.73. The van der Waals surface area contributed by atoms with Crippen LogP contribution in [0.15, 0.2) is 24.3 Å². The molecular formula is C16H27NO2. The maximum atomic E-state index is 11.0. The Labute approximate surface area is 117 Å². The number of benzene rings is 1. The Balaban J connectivity index is 0.000000741. The van der Waals surface area contributed by atoms with Crippen LogP contribution in [0.1, 0.15) is 58.1 Å². The van der Waals surface area contributed by atoms with Gasteiger partial charge in [0.05, 0.1) is 0 Å². The van der Waals surface area contributed by atoms with E-state index in [-0.39, 0.29) is 0 Å². The highest BCUT2D eigenvalue weighted by molar-refractivity contribution is 5.65. The Morgan fingerprint density at radius 1 is 1.26 bits per heavy atom. The van der Waals surface area contributed by atoms with Crippen LogP contribution in [0.4, 0.5) is 4.79 Å². The number of rotatable bonds is 1. The molecule has 1 aliphatic rings. The highest BCUT2D eigenvalue weighted by Crippen LogP contribution is 2.30. The number of hydrogen-bond donors (Lipinski definition) is 1. The van der Waals surface area contributed by atoms with Crippen LogP contribution >= 0.6 is 0 Å². The fourth-order valence-corrected chi connectivity index (χ4v) is 2.21. The summed E-state index contributed by atoms with van der Waals surface area (Å²) in [7, 11) is 0. The molecule has 1 aromatic carbocycles. The minimum atomic E-state index is -0.817. The van der Waals surface area contributed by atoms with E-state index in [1.807, 2.05) is 45.9 Å². The lowest BCUT2D eigenvalue weighted by molar-refractivity contribution is 0.134. The van der Waals surface area contributed by atoms with E-state index in [4.69, 9.17) is 5.11 Å². The van der Waals surface area contributed by atoms with Crippen molar-refractivity contribution in [2.75, 3.05) is 6.54 Å². The van der Waals surface area contributed by atoms with Crippen LogP contribution in [0.2, 0.25) is 0 Å². The quantitative estimate of drug-likeness (QED) is 0.797. The molecular weight excluding hydrogens is 238 g/mol. The maximum absolute atomic E-state index is 11.0. The summed E-state index contributed by atoms with van der Waals surface area (Å²) in [6.07, 6.45) is 0.170. The smallest absolute Gasteiger partial charge is 0.407 e. The second-order valence-electron chi connectivity index (χ2n) is 3.97. The van der Waals surface area contributed by atoms with Crippen molar-refractivity contribution in [3.63, 3.8) is 0 Å². The summed E-state index contributed by atoms with van der Waals surface area (Å²) >= 11 is 0. The van der Waals surface area contributed by atoms with Gasteiger partial charge in [-0.1, -0.05) is 58.9 Å². The van der Waals surface area contributed by atoms with Crippen molar-refractivity contribution in [1.82, 2.24) is 4.90 Å². The zero-order chi connectivity index (χ0) is 14.8. The zero-order valence-corrected chi connectivity index (χ0v) is 12.8. The Morgan fingerprint density at radius 2 is 1.84 bits per heavy atom. The van der Waals surface area contributed by atoms with Crippen LogP contribution in [-0.4, -0.2) is 22.6 Å². The summed E-state index contributed by atoms with van der Waals surface area (Å²) in [5.74, 6) is 0.353. The molecule has 0 radical (unpaired) electrons. The third-order valence-corrected chi connectivity index (χ3v) is 3.06. The molecule has 0 bridgehead atoms. The van der Waals surface area contributed by atoms with Crippen molar-refractivity contribution in [2.24, 2.45) is 0 Å². The topological polar surface area (TPSA) is 40.5 Å². The summed E-state index contributed by atoms with van der Waals surface area (Å²) in [5.41, 5.74) is 2.47. The van der Waals surface area contributed by atoms with Gasteiger partial charge in [0.2, 0.25) is 0 Å². The largest absolute Gasteiger partial charge is 0.465 e. The zero-order valence-electron chi connectivity index (χ0n) is 12.8. The average molecular weight is 265 g/mol. The van der Waals surface area contributed by atoms with Crippen molar-refractivity contribution in [3.05, 3.63) is 35.4 Å². The Hall–Kier alpha value is -1.51. The number of carboxylic acid groups (broad SMARTS) is 1. The second kappa shape index (κ2) is 9.42. The molecule has 1 aliphatic heterocycles. The van der Waals surface area contributed by atoms with Gasteiger partial charge in [-0.3, -0.25) is 0 Å². The average Bonchev–Trinajstić information content (AvgIpc) is 2.50. The monoisotopic (exact) mass is 265 g/mol. The fourth-order valence-electron chi connectivity index (χ4n) is 2.21. The molecule has 108 valence electrons. The third-order valence-electron chi connectivity index (χ3n) is 3.06. The predicted molar refractivity (Wildman–Crippen MR) is 80.6 cm³/mol. The minimum Gasteiger partial charge on any atom is -0.465 e. The van der Waals surface area contributed by atoms with E-state index in [2.05, 4.69) is 13.0 Å². The van der Waals surface area contributed by atoms with E-state index in [1.165, 1.54) is 10.5 Å². The molecule has 0 saturated carbocycles. The van der Waals surface area contributed by atoms with E-state index < -0.39 is 6.09 Å². The second-order valence-corrected chi connectivity index (χ2v) is 3.97. The van der Waals surface area contributed by atoms with Crippen molar-refractivity contribution in [1.29, 1.82) is 0 Å². The van der Waals surface area contributed by atoms with Gasteiger partial charge in [-0.25, -0.2) is 4.79 Å². The molecule has 2 rings (SSSR count). The number of carbonyl (C=O) groups is 1. The van der Waals surface area contributed by atoms with Gasteiger partial charge < -0.3 is 10.0 Å². The number of nitrogens with zero attached hydrogens (tertiary/aromatic N) is 1. The third kappa shape index (κ3) is 4.58. The molecule has 1 unspecified atom stereocenters. The molecule has 1 heterocycles. The SMILES string of the molecule is CC.CC.CCC1CN(C(=O)O)Cc2ccccc21. The molecule has 0 aromatic heterocycles. The van der Waals surface area contributed by atoms with Gasteiger partial charge >= 0.3 is 6.09 Å². The van der Waals surface area contributed by atoms with Crippen LogP contribution in [0.25, 0.3) is 0 Å². The van der Waals surface area contributed by atoms with Crippen LogP contribution in [-0.2, 0) is 6.54 Å². The van der Waals surface area contributed by atoms with Gasteiger partial charge in [-0.2, -0.15) is 0 Å². The first-order valence-electron chi connectivity index (χ1n) is 7.28. The first-order chi connectivity index (χ1) is 9.22. The summed E-state index contributed by atoms with van der Waals surface area (Å²) in [6.45, 7) is 11.3. The van der Waals surface area contributed by atoms with Crippen molar-refractivity contribution >= 4 is 6.09 Å². The van der Waals surface area contributed by atoms with Gasteiger partial charge in [0.1, 0.15) is 0 Å². The Morgan fingerprint density at radius 3 is 2.37 bits per heavy atom. The van der Waals surface area contributed by atoms with Crippen LogP contribution < -0.4 is 0 Å². The normalized spacial score (nSPS) is 16.3. The van der Waals surface area contributed by atoms with Crippen molar-refractivity contribution in [3.8, 4) is 0 Å². The van der Waals surface area contributed by atoms with Crippen molar-refractivity contribution < 1.29 is 9.90 Å². The fraction of sp³-hybridized carbons (Fsp3) is 0.562. The van der Waals surface area contributed by atoms with Gasteiger partial charge in [-0.15, -0.1) is 0 Å². The molecule has 3 nitrogen and oxygen atoms in total. The molecule has 1 atom stereocenters. The summed E-state index contributed by atoms with van der Waals surface area (Å²) in [4.78, 5) is 12.4. The molecule has 19 heavy (non-hydrogen) atoms. The summed E-state index contributed by atoms with van der Waals surface area (Å²) in [6, 6.07) is 8.13. The van der Waals surface area contributed by atoms with Gasteiger partial charge in [0, 0.05) is 19.0 Å². The van der Waals surface area contributed by atoms with Gasteiger partial charge in [0.15, 0.2) is 0 Å². The summed E-state index contributed by atoms with van der Waals surface area (Å²) < 4.78 is 0. The van der Waals surface area contributed by atoms with Gasteiger partial charge in [0.25, 0.3) is 0 Å². The number of fused-ring (bicyclic) bond motifs is 1. The van der Waals surface area contributed by atoms with E-state index in [9.17, 15) is 4.79 Å².